The Bertz CT molecular complexity index is 338. The van der Waals surface area contributed by atoms with Crippen molar-refractivity contribution in [2.24, 2.45) is 0 Å². The molecule has 0 saturated heterocycles. The molecule has 1 aromatic carbocycles. The van der Waals surface area contributed by atoms with E-state index in [-0.39, 0.29) is 0 Å². The first-order chi connectivity index (χ1) is 8.85. The average Bonchev–Trinajstić information content (AvgIpc) is 2.85. The third-order valence-corrected chi connectivity index (χ3v) is 5.18. The molecule has 2 heteroatoms. The summed E-state index contributed by atoms with van der Waals surface area (Å²) >= 11 is 2.13. The lowest BCUT2D eigenvalue weighted by Gasteiger charge is -2.26. The molecular formula is C16H25NS. The molecule has 0 radical (unpaired) electrons. The van der Waals surface area contributed by atoms with E-state index < -0.39 is 0 Å². The van der Waals surface area contributed by atoms with Gasteiger partial charge in [0.05, 0.1) is 0 Å². The second kappa shape index (κ2) is 7.20. The molecule has 1 saturated carbocycles. The highest BCUT2D eigenvalue weighted by atomic mass is 32.2. The van der Waals surface area contributed by atoms with Crippen molar-refractivity contribution in [3.63, 3.8) is 0 Å². The topological polar surface area (TPSA) is 12.0 Å². The van der Waals surface area contributed by atoms with Gasteiger partial charge in [0.1, 0.15) is 0 Å². The lowest BCUT2D eigenvalue weighted by Crippen LogP contribution is -2.37. The van der Waals surface area contributed by atoms with Gasteiger partial charge in [0.15, 0.2) is 0 Å². The molecule has 3 unspecified atom stereocenters. The van der Waals surface area contributed by atoms with E-state index in [9.17, 15) is 0 Å². The zero-order chi connectivity index (χ0) is 12.8. The van der Waals surface area contributed by atoms with Crippen LogP contribution in [0.15, 0.2) is 30.3 Å². The number of hydrogen-bond acceptors (Lipinski definition) is 2. The van der Waals surface area contributed by atoms with Gasteiger partial charge in [-0.3, -0.25) is 0 Å². The predicted molar refractivity (Wildman–Crippen MR) is 82.2 cm³/mol. The molecule has 0 bridgehead atoms. The van der Waals surface area contributed by atoms with E-state index in [1.54, 1.807) is 0 Å². The van der Waals surface area contributed by atoms with Crippen molar-refractivity contribution in [2.75, 3.05) is 5.75 Å². The molecule has 0 aliphatic heterocycles. The second-order valence-corrected chi connectivity index (χ2v) is 6.59. The standard InChI is InChI=1S/C16H25NS/c1-3-14(13-9-6-5-7-10-13)17-15-11-8-12-16(15)18-4-2/h5-7,9-10,14-17H,3-4,8,11-12H2,1-2H3. The summed E-state index contributed by atoms with van der Waals surface area (Å²) in [5, 5.41) is 4.72. The minimum absolute atomic E-state index is 0.522. The van der Waals surface area contributed by atoms with Crippen LogP contribution in [0.2, 0.25) is 0 Å². The monoisotopic (exact) mass is 263 g/mol. The first kappa shape index (κ1) is 14.0. The van der Waals surface area contributed by atoms with Crippen molar-refractivity contribution in [3.8, 4) is 0 Å². The molecule has 18 heavy (non-hydrogen) atoms. The third kappa shape index (κ3) is 3.52. The summed E-state index contributed by atoms with van der Waals surface area (Å²) in [5.41, 5.74) is 1.44. The molecule has 1 N–H and O–H groups in total. The summed E-state index contributed by atoms with van der Waals surface area (Å²) in [6, 6.07) is 12.1. The number of rotatable bonds is 6. The van der Waals surface area contributed by atoms with E-state index >= 15 is 0 Å². The van der Waals surface area contributed by atoms with Gasteiger partial charge in [0.2, 0.25) is 0 Å². The lowest BCUT2D eigenvalue weighted by molar-refractivity contribution is 0.435. The summed E-state index contributed by atoms with van der Waals surface area (Å²) < 4.78 is 0. The van der Waals surface area contributed by atoms with Crippen LogP contribution >= 0.6 is 11.8 Å². The van der Waals surface area contributed by atoms with E-state index in [4.69, 9.17) is 0 Å². The Labute approximate surface area is 116 Å². The predicted octanol–water partition coefficient (Wildman–Crippen LogP) is 4.40. The number of thioether (sulfide) groups is 1. The van der Waals surface area contributed by atoms with Crippen LogP contribution in [-0.4, -0.2) is 17.0 Å². The smallest absolute Gasteiger partial charge is 0.0320 e. The fourth-order valence-electron chi connectivity index (χ4n) is 2.92. The van der Waals surface area contributed by atoms with E-state index in [2.05, 4.69) is 61.3 Å². The molecule has 0 amide bonds. The molecule has 1 aromatic rings. The zero-order valence-electron chi connectivity index (χ0n) is 11.6. The van der Waals surface area contributed by atoms with Crippen LogP contribution in [0, 0.1) is 0 Å². The Hall–Kier alpha value is -0.470. The van der Waals surface area contributed by atoms with Crippen molar-refractivity contribution < 1.29 is 0 Å². The molecular weight excluding hydrogens is 238 g/mol. The highest BCUT2D eigenvalue weighted by molar-refractivity contribution is 7.99. The maximum Gasteiger partial charge on any atom is 0.0320 e. The van der Waals surface area contributed by atoms with Gasteiger partial charge in [0, 0.05) is 17.3 Å². The van der Waals surface area contributed by atoms with Gasteiger partial charge in [-0.1, -0.05) is 50.6 Å². The Kier molecular flexibility index (Phi) is 5.58. The molecule has 1 nitrogen and oxygen atoms in total. The molecule has 0 aromatic heterocycles. The Morgan fingerprint density at radius 1 is 1.22 bits per heavy atom. The summed E-state index contributed by atoms with van der Waals surface area (Å²) in [6.45, 7) is 4.55. The zero-order valence-corrected chi connectivity index (χ0v) is 12.4. The van der Waals surface area contributed by atoms with Crippen LogP contribution in [0.3, 0.4) is 0 Å². The van der Waals surface area contributed by atoms with Crippen LogP contribution in [0.25, 0.3) is 0 Å². The summed E-state index contributed by atoms with van der Waals surface area (Å²) in [5.74, 6) is 1.24. The molecule has 100 valence electrons. The maximum absolute atomic E-state index is 3.90. The first-order valence-electron chi connectivity index (χ1n) is 7.27. The van der Waals surface area contributed by atoms with E-state index in [0.29, 0.717) is 12.1 Å². The van der Waals surface area contributed by atoms with Crippen LogP contribution < -0.4 is 5.32 Å². The van der Waals surface area contributed by atoms with Crippen LogP contribution in [0.4, 0.5) is 0 Å². The van der Waals surface area contributed by atoms with Gasteiger partial charge < -0.3 is 5.32 Å². The first-order valence-corrected chi connectivity index (χ1v) is 8.32. The lowest BCUT2D eigenvalue weighted by atomic mass is 10.0. The molecule has 1 aliphatic rings. The molecule has 2 rings (SSSR count). The van der Waals surface area contributed by atoms with Gasteiger partial charge >= 0.3 is 0 Å². The molecule has 0 heterocycles. The Morgan fingerprint density at radius 2 is 2.00 bits per heavy atom. The van der Waals surface area contributed by atoms with E-state index in [1.165, 1.54) is 37.0 Å². The minimum Gasteiger partial charge on any atom is -0.306 e. The summed E-state index contributed by atoms with van der Waals surface area (Å²) in [7, 11) is 0. The maximum atomic E-state index is 3.90. The van der Waals surface area contributed by atoms with Gasteiger partial charge in [0.25, 0.3) is 0 Å². The molecule has 3 atom stereocenters. The van der Waals surface area contributed by atoms with Crippen LogP contribution in [0.5, 0.6) is 0 Å². The van der Waals surface area contributed by atoms with Crippen LogP contribution in [-0.2, 0) is 0 Å². The van der Waals surface area contributed by atoms with Crippen molar-refractivity contribution in [2.45, 2.75) is 56.9 Å². The molecule has 0 spiro atoms. The number of hydrogen-bond donors (Lipinski definition) is 1. The Morgan fingerprint density at radius 3 is 2.67 bits per heavy atom. The van der Waals surface area contributed by atoms with Crippen molar-refractivity contribution >= 4 is 11.8 Å². The minimum atomic E-state index is 0.522. The van der Waals surface area contributed by atoms with E-state index in [0.717, 1.165) is 5.25 Å². The van der Waals surface area contributed by atoms with Crippen molar-refractivity contribution in [1.29, 1.82) is 0 Å². The van der Waals surface area contributed by atoms with Gasteiger partial charge in [-0.2, -0.15) is 11.8 Å². The van der Waals surface area contributed by atoms with Gasteiger partial charge in [-0.05, 0) is 30.6 Å². The van der Waals surface area contributed by atoms with Crippen LogP contribution in [0.1, 0.15) is 51.1 Å². The van der Waals surface area contributed by atoms with Crippen molar-refractivity contribution in [3.05, 3.63) is 35.9 Å². The van der Waals surface area contributed by atoms with E-state index in [1.807, 2.05) is 0 Å². The fraction of sp³-hybridized carbons (Fsp3) is 0.625. The SMILES string of the molecule is CCSC1CCCC1NC(CC)c1ccccc1. The Balaban J connectivity index is 1.98. The molecule has 1 aliphatic carbocycles. The summed E-state index contributed by atoms with van der Waals surface area (Å²) in [6.07, 6.45) is 5.30. The average molecular weight is 263 g/mol. The number of benzene rings is 1. The third-order valence-electron chi connectivity index (χ3n) is 3.86. The quantitative estimate of drug-likeness (QED) is 0.816. The van der Waals surface area contributed by atoms with Gasteiger partial charge in [-0.25, -0.2) is 0 Å². The largest absolute Gasteiger partial charge is 0.306 e. The number of nitrogens with one attached hydrogen (secondary N) is 1. The highest BCUT2D eigenvalue weighted by Crippen LogP contribution is 2.32. The van der Waals surface area contributed by atoms with Gasteiger partial charge in [-0.15, -0.1) is 0 Å². The normalized spacial score (nSPS) is 25.2. The molecule has 1 fully saturated rings. The summed E-state index contributed by atoms with van der Waals surface area (Å²) in [4.78, 5) is 0. The fourth-order valence-corrected chi connectivity index (χ4v) is 4.13. The highest BCUT2D eigenvalue weighted by Gasteiger charge is 2.28. The second-order valence-electron chi connectivity index (χ2n) is 5.07. The van der Waals surface area contributed by atoms with Crippen molar-refractivity contribution in [1.82, 2.24) is 5.32 Å².